The number of hydrogen-bond acceptors (Lipinski definition) is 3. The van der Waals surface area contributed by atoms with Crippen LogP contribution >= 0.6 is 0 Å². The summed E-state index contributed by atoms with van der Waals surface area (Å²) in [4.78, 5) is 11.3. The highest BCUT2D eigenvalue weighted by atomic mass is 19.1. The average molecular weight is 262 g/mol. The van der Waals surface area contributed by atoms with Gasteiger partial charge in [0.15, 0.2) is 0 Å². The number of aryl methyl sites for hydroxylation is 1. The van der Waals surface area contributed by atoms with E-state index < -0.39 is 0 Å². The lowest BCUT2D eigenvalue weighted by Crippen LogP contribution is -2.24. The summed E-state index contributed by atoms with van der Waals surface area (Å²) in [5.41, 5.74) is 1.53. The molecule has 0 atom stereocenters. The number of rotatable bonds is 6. The number of H-pyrrole nitrogens is 1. The molecule has 2 heterocycles. The number of nitrogens with zero attached hydrogens (tertiary/aromatic N) is 2. The lowest BCUT2D eigenvalue weighted by atomic mass is 10.2. The van der Waals surface area contributed by atoms with E-state index in [1.165, 1.54) is 12.3 Å². The molecule has 0 bridgehead atoms. The Morgan fingerprint density at radius 1 is 1.32 bits per heavy atom. The quantitative estimate of drug-likeness (QED) is 0.787. The first kappa shape index (κ1) is 13.7. The zero-order valence-corrected chi connectivity index (χ0v) is 11.3. The Labute approximate surface area is 112 Å². The van der Waals surface area contributed by atoms with E-state index in [9.17, 15) is 4.39 Å². The van der Waals surface area contributed by atoms with Gasteiger partial charge in [0.25, 0.3) is 0 Å². The molecule has 0 radical (unpaired) electrons. The summed E-state index contributed by atoms with van der Waals surface area (Å²) in [6.45, 7) is 5.22. The van der Waals surface area contributed by atoms with Gasteiger partial charge in [0, 0.05) is 24.2 Å². The van der Waals surface area contributed by atoms with Crippen molar-refractivity contribution in [2.45, 2.75) is 32.7 Å². The van der Waals surface area contributed by atoms with E-state index in [0.29, 0.717) is 6.04 Å². The molecule has 0 aliphatic carbocycles. The zero-order chi connectivity index (χ0) is 13.7. The summed E-state index contributed by atoms with van der Waals surface area (Å²) in [5.74, 6) is 0.583. The number of hydrogen-bond donors (Lipinski definition) is 2. The summed E-state index contributed by atoms with van der Waals surface area (Å²) >= 11 is 0. The molecule has 0 saturated carbocycles. The van der Waals surface area contributed by atoms with E-state index in [1.807, 2.05) is 0 Å². The van der Waals surface area contributed by atoms with Crippen molar-refractivity contribution in [3.63, 3.8) is 0 Å². The van der Waals surface area contributed by atoms with Crippen molar-refractivity contribution in [3.05, 3.63) is 36.3 Å². The van der Waals surface area contributed by atoms with Crippen molar-refractivity contribution < 1.29 is 4.39 Å². The van der Waals surface area contributed by atoms with E-state index in [2.05, 4.69) is 34.1 Å². The summed E-state index contributed by atoms with van der Waals surface area (Å²) in [6.07, 6.45) is 6.44. The van der Waals surface area contributed by atoms with E-state index in [-0.39, 0.29) is 5.82 Å². The number of halogens is 1. The summed E-state index contributed by atoms with van der Waals surface area (Å²) in [6, 6.07) is 1.95. The van der Waals surface area contributed by atoms with Gasteiger partial charge in [-0.25, -0.2) is 9.37 Å². The van der Waals surface area contributed by atoms with Crippen molar-refractivity contribution in [1.29, 1.82) is 0 Å². The smallest absolute Gasteiger partial charge is 0.142 e. The third-order valence-corrected chi connectivity index (χ3v) is 2.79. The van der Waals surface area contributed by atoms with Crippen molar-refractivity contribution in [2.75, 3.05) is 6.54 Å². The molecule has 102 valence electrons. The fourth-order valence-corrected chi connectivity index (χ4v) is 1.84. The first-order chi connectivity index (χ1) is 9.15. The van der Waals surface area contributed by atoms with Gasteiger partial charge in [-0.2, -0.15) is 0 Å². The summed E-state index contributed by atoms with van der Waals surface area (Å²) in [7, 11) is 0. The van der Waals surface area contributed by atoms with Crippen LogP contribution in [0.25, 0.3) is 11.3 Å². The van der Waals surface area contributed by atoms with Crippen molar-refractivity contribution in [2.24, 2.45) is 0 Å². The van der Waals surface area contributed by atoms with Crippen LogP contribution in [0.1, 0.15) is 26.1 Å². The van der Waals surface area contributed by atoms with Gasteiger partial charge in [-0.15, -0.1) is 0 Å². The maximum absolute atomic E-state index is 13.1. The Kier molecular flexibility index (Phi) is 4.63. The predicted molar refractivity (Wildman–Crippen MR) is 73.2 cm³/mol. The van der Waals surface area contributed by atoms with Gasteiger partial charge in [-0.3, -0.25) is 4.98 Å². The second-order valence-corrected chi connectivity index (χ2v) is 4.85. The molecule has 2 aromatic rings. The van der Waals surface area contributed by atoms with E-state index in [1.54, 1.807) is 12.4 Å². The Bertz CT molecular complexity index is 522. The maximum Gasteiger partial charge on any atom is 0.142 e. The standard InChI is InChI=1S/C14H19FN4/c1-10(2)17-5-3-4-14-18-9-13(19-14)11-6-12(15)8-16-7-11/h6-10,17H,3-5H2,1-2H3,(H,18,19). The van der Waals surface area contributed by atoms with Crippen LogP contribution in [0.4, 0.5) is 4.39 Å². The van der Waals surface area contributed by atoms with Crippen molar-refractivity contribution in [3.8, 4) is 11.3 Å². The van der Waals surface area contributed by atoms with Crippen LogP contribution in [-0.2, 0) is 6.42 Å². The van der Waals surface area contributed by atoms with Gasteiger partial charge < -0.3 is 10.3 Å². The number of pyridine rings is 1. The molecular weight excluding hydrogens is 243 g/mol. The van der Waals surface area contributed by atoms with Gasteiger partial charge >= 0.3 is 0 Å². The largest absolute Gasteiger partial charge is 0.342 e. The summed E-state index contributed by atoms with van der Waals surface area (Å²) < 4.78 is 13.1. The number of imidazole rings is 1. The Hall–Kier alpha value is -1.75. The van der Waals surface area contributed by atoms with Gasteiger partial charge in [-0.05, 0) is 19.0 Å². The van der Waals surface area contributed by atoms with Gasteiger partial charge in [-0.1, -0.05) is 13.8 Å². The molecule has 0 fully saturated rings. The minimum atomic E-state index is -0.338. The number of aromatic nitrogens is 3. The molecule has 0 unspecified atom stereocenters. The molecule has 4 nitrogen and oxygen atoms in total. The highest BCUT2D eigenvalue weighted by molar-refractivity contribution is 5.56. The lowest BCUT2D eigenvalue weighted by molar-refractivity contribution is 0.567. The minimum Gasteiger partial charge on any atom is -0.342 e. The Balaban J connectivity index is 1.92. The molecule has 0 spiro atoms. The molecular formula is C14H19FN4. The van der Waals surface area contributed by atoms with Crippen LogP contribution in [0.5, 0.6) is 0 Å². The normalized spacial score (nSPS) is 11.2. The molecule has 0 aliphatic heterocycles. The minimum absolute atomic E-state index is 0.338. The molecule has 2 aromatic heterocycles. The Morgan fingerprint density at radius 3 is 2.89 bits per heavy atom. The van der Waals surface area contributed by atoms with Crippen LogP contribution in [0.3, 0.4) is 0 Å². The van der Waals surface area contributed by atoms with Gasteiger partial charge in [0.05, 0.1) is 18.1 Å². The molecule has 0 aliphatic rings. The Morgan fingerprint density at radius 2 is 2.16 bits per heavy atom. The topological polar surface area (TPSA) is 53.6 Å². The molecule has 0 amide bonds. The van der Waals surface area contributed by atoms with E-state index in [4.69, 9.17) is 0 Å². The SMILES string of the molecule is CC(C)NCCCc1ncc(-c2cncc(F)c2)[nH]1. The first-order valence-electron chi connectivity index (χ1n) is 6.53. The number of nitrogens with one attached hydrogen (secondary N) is 2. The van der Waals surface area contributed by atoms with Gasteiger partial charge in [0.2, 0.25) is 0 Å². The maximum atomic E-state index is 13.1. The average Bonchev–Trinajstić information content (AvgIpc) is 2.83. The zero-order valence-electron chi connectivity index (χ0n) is 11.3. The van der Waals surface area contributed by atoms with E-state index >= 15 is 0 Å². The fraction of sp³-hybridized carbons (Fsp3) is 0.429. The first-order valence-corrected chi connectivity index (χ1v) is 6.53. The van der Waals surface area contributed by atoms with Crippen molar-refractivity contribution in [1.82, 2.24) is 20.3 Å². The fourth-order valence-electron chi connectivity index (χ4n) is 1.84. The second-order valence-electron chi connectivity index (χ2n) is 4.85. The molecule has 5 heteroatoms. The summed E-state index contributed by atoms with van der Waals surface area (Å²) in [5, 5.41) is 3.36. The third-order valence-electron chi connectivity index (χ3n) is 2.79. The second kappa shape index (κ2) is 6.43. The van der Waals surface area contributed by atoms with E-state index in [0.717, 1.165) is 36.5 Å². The molecule has 19 heavy (non-hydrogen) atoms. The third kappa shape index (κ3) is 4.13. The van der Waals surface area contributed by atoms with Crippen LogP contribution < -0.4 is 5.32 Å². The van der Waals surface area contributed by atoms with Crippen LogP contribution in [0, 0.1) is 5.82 Å². The predicted octanol–water partition coefficient (Wildman–Crippen LogP) is 2.54. The van der Waals surface area contributed by atoms with Crippen molar-refractivity contribution >= 4 is 0 Å². The molecule has 2 N–H and O–H groups in total. The molecule has 2 rings (SSSR count). The van der Waals surface area contributed by atoms with Crippen LogP contribution in [-0.4, -0.2) is 27.5 Å². The highest BCUT2D eigenvalue weighted by Crippen LogP contribution is 2.16. The van der Waals surface area contributed by atoms with Gasteiger partial charge in [0.1, 0.15) is 11.6 Å². The molecule has 0 saturated heterocycles. The molecule has 0 aromatic carbocycles. The highest BCUT2D eigenvalue weighted by Gasteiger charge is 2.04. The monoisotopic (exact) mass is 262 g/mol. The van der Waals surface area contributed by atoms with Crippen LogP contribution in [0.15, 0.2) is 24.7 Å². The van der Waals surface area contributed by atoms with Crippen LogP contribution in [0.2, 0.25) is 0 Å². The number of aromatic amines is 1. The lowest BCUT2D eigenvalue weighted by Gasteiger charge is -2.06.